The van der Waals surface area contributed by atoms with Gasteiger partial charge in [0.15, 0.2) is 6.39 Å². The minimum atomic E-state index is -3.86. The molecule has 0 bridgehead atoms. The molecule has 0 aliphatic heterocycles. The van der Waals surface area contributed by atoms with E-state index in [0.717, 1.165) is 20.1 Å². The lowest BCUT2D eigenvalue weighted by atomic mass is 10.1. The topological polar surface area (TPSA) is 113 Å². The molecule has 10 heteroatoms. The first-order valence-electron chi connectivity index (χ1n) is 10.6. The summed E-state index contributed by atoms with van der Waals surface area (Å²) in [7, 11) is -1.14. The van der Waals surface area contributed by atoms with Crippen molar-refractivity contribution in [3.05, 3.63) is 84.1 Å². The molecule has 9 nitrogen and oxygen atoms in total. The van der Waals surface area contributed by atoms with E-state index >= 15 is 0 Å². The van der Waals surface area contributed by atoms with Crippen LogP contribution in [0.5, 0.6) is 5.75 Å². The minimum absolute atomic E-state index is 0.0616. The monoisotopic (exact) mass is 489 g/mol. The fraction of sp³-hybridized carbons (Fsp3) is 0.333. The van der Waals surface area contributed by atoms with E-state index in [-0.39, 0.29) is 19.1 Å². The molecule has 1 N–H and O–H groups in total. The van der Waals surface area contributed by atoms with Gasteiger partial charge >= 0.3 is 5.97 Å². The number of nitrogens with zero attached hydrogens (tertiary/aromatic N) is 3. The minimum Gasteiger partial charge on any atom is -0.487 e. The summed E-state index contributed by atoms with van der Waals surface area (Å²) in [5, 5.41) is 9.01. The van der Waals surface area contributed by atoms with Crippen LogP contribution in [0.4, 0.5) is 0 Å². The summed E-state index contributed by atoms with van der Waals surface area (Å²) < 4.78 is 37.6. The maximum absolute atomic E-state index is 12.3. The molecule has 0 saturated heterocycles. The maximum Gasteiger partial charge on any atom is 0.318 e. The molecule has 0 radical (unpaired) electrons. The quantitative estimate of drug-likeness (QED) is 0.461. The second-order valence-corrected chi connectivity index (χ2v) is 10.00. The highest BCUT2D eigenvalue weighted by Gasteiger charge is 2.26. The number of aliphatic carboxylic acids is 1. The van der Waals surface area contributed by atoms with Crippen molar-refractivity contribution in [1.29, 1.82) is 0 Å². The van der Waals surface area contributed by atoms with Crippen molar-refractivity contribution in [2.24, 2.45) is 0 Å². The lowest BCUT2D eigenvalue weighted by molar-refractivity contribution is -0.137. The van der Waals surface area contributed by atoms with E-state index in [1.54, 1.807) is 24.3 Å². The summed E-state index contributed by atoms with van der Waals surface area (Å²) in [5.41, 5.74) is 1.37. The van der Waals surface area contributed by atoms with Crippen LogP contribution < -0.4 is 4.74 Å². The molecule has 184 valence electrons. The molecule has 0 fully saturated rings. The SMILES string of the molecule is CC(C)c1ocnc1COc1ccc(CN(CC(=O)O)S(=O)(=O)N(C)C)cc1.c1ccccc1. The van der Waals surface area contributed by atoms with Crippen molar-refractivity contribution in [3.8, 4) is 5.75 Å². The predicted molar refractivity (Wildman–Crippen MR) is 128 cm³/mol. The van der Waals surface area contributed by atoms with E-state index in [0.29, 0.717) is 11.3 Å². The molecule has 3 rings (SSSR count). The van der Waals surface area contributed by atoms with Crippen molar-refractivity contribution in [3.63, 3.8) is 0 Å². The van der Waals surface area contributed by atoms with Gasteiger partial charge in [0.25, 0.3) is 10.2 Å². The third kappa shape index (κ3) is 8.29. The van der Waals surface area contributed by atoms with Crippen LogP contribution in [0, 0.1) is 0 Å². The molecule has 0 amide bonds. The van der Waals surface area contributed by atoms with Gasteiger partial charge in [-0.2, -0.15) is 17.0 Å². The molecule has 0 aliphatic rings. The number of carboxylic acid groups (broad SMARTS) is 1. The van der Waals surface area contributed by atoms with Gasteiger partial charge in [0.2, 0.25) is 0 Å². The highest BCUT2D eigenvalue weighted by atomic mass is 32.2. The number of oxazole rings is 1. The van der Waals surface area contributed by atoms with Gasteiger partial charge in [0, 0.05) is 26.6 Å². The van der Waals surface area contributed by atoms with E-state index in [4.69, 9.17) is 14.3 Å². The van der Waals surface area contributed by atoms with E-state index in [9.17, 15) is 13.2 Å². The van der Waals surface area contributed by atoms with Gasteiger partial charge in [-0.3, -0.25) is 4.79 Å². The van der Waals surface area contributed by atoms with E-state index in [2.05, 4.69) is 4.98 Å². The molecule has 0 atom stereocenters. The highest BCUT2D eigenvalue weighted by Crippen LogP contribution is 2.21. The Labute approximate surface area is 200 Å². The van der Waals surface area contributed by atoms with E-state index in [1.807, 2.05) is 50.2 Å². The van der Waals surface area contributed by atoms with Crippen molar-refractivity contribution in [1.82, 2.24) is 13.6 Å². The number of carboxylic acids is 1. The molecular formula is C24H31N3O6S. The van der Waals surface area contributed by atoms with Crippen LogP contribution >= 0.6 is 0 Å². The van der Waals surface area contributed by atoms with Gasteiger partial charge in [-0.1, -0.05) is 62.4 Å². The predicted octanol–water partition coefficient (Wildman–Crippen LogP) is 3.76. The Kier molecular flexibility index (Phi) is 10.2. The molecule has 0 saturated carbocycles. The Hall–Kier alpha value is -3.21. The molecule has 1 aromatic heterocycles. The van der Waals surface area contributed by atoms with Gasteiger partial charge in [-0.15, -0.1) is 0 Å². The van der Waals surface area contributed by atoms with Crippen LogP contribution in [-0.4, -0.2) is 53.7 Å². The largest absolute Gasteiger partial charge is 0.487 e. The summed E-state index contributed by atoms with van der Waals surface area (Å²) in [6.45, 7) is 3.58. The van der Waals surface area contributed by atoms with Crippen LogP contribution in [0.1, 0.15) is 36.8 Å². The molecule has 2 aromatic carbocycles. The maximum atomic E-state index is 12.3. The Bertz CT molecular complexity index is 1090. The van der Waals surface area contributed by atoms with E-state index < -0.39 is 22.7 Å². The lowest BCUT2D eigenvalue weighted by Gasteiger charge is -2.24. The summed E-state index contributed by atoms with van der Waals surface area (Å²) in [6, 6.07) is 18.8. The summed E-state index contributed by atoms with van der Waals surface area (Å²) in [5.74, 6) is 0.331. The van der Waals surface area contributed by atoms with Crippen molar-refractivity contribution in [2.45, 2.75) is 32.9 Å². The molecule has 34 heavy (non-hydrogen) atoms. The number of carbonyl (C=O) groups is 1. The normalized spacial score (nSPS) is 11.4. The highest BCUT2D eigenvalue weighted by molar-refractivity contribution is 7.86. The second-order valence-electron chi connectivity index (χ2n) is 7.86. The first kappa shape index (κ1) is 27.0. The van der Waals surface area contributed by atoms with Crippen molar-refractivity contribution in [2.75, 3.05) is 20.6 Å². The summed E-state index contributed by atoms with van der Waals surface area (Å²) >= 11 is 0. The van der Waals surface area contributed by atoms with Crippen LogP contribution in [0.3, 0.4) is 0 Å². The van der Waals surface area contributed by atoms with Gasteiger partial charge < -0.3 is 14.3 Å². The van der Waals surface area contributed by atoms with Gasteiger partial charge in [-0.25, -0.2) is 4.98 Å². The first-order chi connectivity index (χ1) is 16.1. The summed E-state index contributed by atoms with van der Waals surface area (Å²) in [6.07, 6.45) is 1.39. The zero-order chi connectivity index (χ0) is 25.1. The Morgan fingerprint density at radius 2 is 1.62 bits per heavy atom. The third-order valence-corrected chi connectivity index (χ3v) is 6.45. The average molecular weight is 490 g/mol. The number of rotatable bonds is 10. The fourth-order valence-corrected chi connectivity index (χ4v) is 3.94. The molecule has 0 spiro atoms. The fourth-order valence-electron chi connectivity index (χ4n) is 2.89. The molecular weight excluding hydrogens is 458 g/mol. The molecule has 3 aromatic rings. The van der Waals surface area contributed by atoms with E-state index in [1.165, 1.54) is 20.5 Å². The smallest absolute Gasteiger partial charge is 0.318 e. The van der Waals surface area contributed by atoms with Crippen LogP contribution in [0.2, 0.25) is 0 Å². The van der Waals surface area contributed by atoms with Crippen LogP contribution in [0.15, 0.2) is 71.5 Å². The lowest BCUT2D eigenvalue weighted by Crippen LogP contribution is -2.42. The zero-order valence-electron chi connectivity index (χ0n) is 19.8. The third-order valence-electron chi connectivity index (χ3n) is 4.62. The first-order valence-corrected chi connectivity index (χ1v) is 12.0. The number of hydrogen-bond acceptors (Lipinski definition) is 6. The molecule has 0 unspecified atom stereocenters. The number of aromatic nitrogens is 1. The number of benzene rings is 2. The zero-order valence-corrected chi connectivity index (χ0v) is 20.6. The van der Waals surface area contributed by atoms with Gasteiger partial charge in [0.1, 0.15) is 30.4 Å². The van der Waals surface area contributed by atoms with Gasteiger partial charge in [-0.05, 0) is 17.7 Å². The Morgan fingerprint density at radius 1 is 1.06 bits per heavy atom. The van der Waals surface area contributed by atoms with Crippen molar-refractivity contribution >= 4 is 16.2 Å². The van der Waals surface area contributed by atoms with Gasteiger partial charge in [0.05, 0.1) is 0 Å². The number of hydrogen-bond donors (Lipinski definition) is 1. The van der Waals surface area contributed by atoms with Crippen LogP contribution in [0.25, 0.3) is 0 Å². The molecule has 1 heterocycles. The van der Waals surface area contributed by atoms with Crippen molar-refractivity contribution < 1.29 is 27.5 Å². The molecule has 0 aliphatic carbocycles. The average Bonchev–Trinajstić information content (AvgIpc) is 3.28. The number of ether oxygens (including phenoxy) is 1. The second kappa shape index (κ2) is 12.9. The Balaban J connectivity index is 0.000000589. The summed E-state index contributed by atoms with van der Waals surface area (Å²) in [4.78, 5) is 15.2. The Morgan fingerprint density at radius 3 is 2.09 bits per heavy atom. The standard InChI is InChI=1S/C18H25N3O6S.C6H6/c1-13(2)18-16(19-12-27-18)11-26-15-7-5-14(6-8-15)9-21(10-17(22)23)28(24,25)20(3)4;1-2-4-6-5-3-1/h5-8,12-13H,9-11H2,1-4H3,(H,22,23);1-6H. The van der Waals surface area contributed by atoms with Crippen LogP contribution in [-0.2, 0) is 28.2 Å².